The Labute approximate surface area is 99.1 Å². The van der Waals surface area contributed by atoms with Gasteiger partial charge < -0.3 is 10.1 Å². The van der Waals surface area contributed by atoms with Crippen molar-refractivity contribution in [3.63, 3.8) is 0 Å². The van der Waals surface area contributed by atoms with Gasteiger partial charge in [-0.1, -0.05) is 32.1 Å². The molecule has 0 amide bonds. The molecule has 2 heteroatoms. The minimum absolute atomic E-state index is 0.757. The molecule has 0 radical (unpaired) electrons. The minimum atomic E-state index is 0.757. The molecule has 1 saturated heterocycles. The van der Waals surface area contributed by atoms with Crippen LogP contribution in [0, 0.1) is 11.8 Å². The second kappa shape index (κ2) is 5.05. The van der Waals surface area contributed by atoms with E-state index in [9.17, 15) is 0 Å². The number of hydrogen-bond acceptors (Lipinski definition) is 2. The number of ether oxygens (including phenoxy) is 1. The lowest BCUT2D eigenvalue weighted by molar-refractivity contribution is 0.0768. The molecule has 3 aliphatic rings. The minimum Gasteiger partial charge on any atom is -0.381 e. The highest BCUT2D eigenvalue weighted by Gasteiger charge is 2.43. The van der Waals surface area contributed by atoms with E-state index in [1.807, 2.05) is 0 Å². The van der Waals surface area contributed by atoms with Crippen molar-refractivity contribution >= 4 is 0 Å². The third kappa shape index (κ3) is 2.60. The zero-order valence-electron chi connectivity index (χ0n) is 10.3. The van der Waals surface area contributed by atoms with Crippen LogP contribution in [0.3, 0.4) is 0 Å². The molecule has 0 aromatic heterocycles. The fourth-order valence-electron chi connectivity index (χ4n) is 3.66. The quantitative estimate of drug-likeness (QED) is 0.794. The molecule has 2 nitrogen and oxygen atoms in total. The Bertz CT molecular complexity index is 219. The molecule has 1 N–H and O–H groups in total. The Kier molecular flexibility index (Phi) is 3.49. The molecule has 2 aliphatic carbocycles. The first-order valence-corrected chi connectivity index (χ1v) is 7.27. The summed E-state index contributed by atoms with van der Waals surface area (Å²) in [4.78, 5) is 0. The third-order valence-corrected chi connectivity index (χ3v) is 4.77. The zero-order chi connectivity index (χ0) is 10.8. The topological polar surface area (TPSA) is 21.3 Å². The lowest BCUT2D eigenvalue weighted by Gasteiger charge is -2.25. The number of rotatable bonds is 3. The summed E-state index contributed by atoms with van der Waals surface area (Å²) in [6, 6.07) is 1.62. The van der Waals surface area contributed by atoms with Crippen molar-refractivity contribution in [2.75, 3.05) is 13.2 Å². The lowest BCUT2D eigenvalue weighted by Crippen LogP contribution is -2.37. The standard InChI is InChI=1S/C14H25NO/c1-2-4-11(5-3-1)13-10-14(13)15-12-6-8-16-9-7-12/h11-15H,1-10H2. The van der Waals surface area contributed by atoms with Gasteiger partial charge in [0.25, 0.3) is 0 Å². The zero-order valence-corrected chi connectivity index (χ0v) is 10.3. The molecular formula is C14H25NO. The number of nitrogens with one attached hydrogen (secondary N) is 1. The van der Waals surface area contributed by atoms with Crippen LogP contribution in [-0.4, -0.2) is 25.3 Å². The predicted molar refractivity (Wildman–Crippen MR) is 65.4 cm³/mol. The van der Waals surface area contributed by atoms with Crippen LogP contribution in [0.4, 0.5) is 0 Å². The van der Waals surface area contributed by atoms with Crippen molar-refractivity contribution in [1.29, 1.82) is 0 Å². The van der Waals surface area contributed by atoms with Crippen molar-refractivity contribution in [3.8, 4) is 0 Å². The Morgan fingerprint density at radius 1 is 0.875 bits per heavy atom. The van der Waals surface area contributed by atoms with Gasteiger partial charge in [0.15, 0.2) is 0 Å². The van der Waals surface area contributed by atoms with Gasteiger partial charge in [-0.15, -0.1) is 0 Å². The van der Waals surface area contributed by atoms with Gasteiger partial charge in [0.05, 0.1) is 0 Å². The van der Waals surface area contributed by atoms with Gasteiger partial charge in [-0.25, -0.2) is 0 Å². The molecule has 16 heavy (non-hydrogen) atoms. The van der Waals surface area contributed by atoms with Gasteiger partial charge in [-0.3, -0.25) is 0 Å². The van der Waals surface area contributed by atoms with Crippen molar-refractivity contribution in [1.82, 2.24) is 5.32 Å². The Morgan fingerprint density at radius 3 is 2.38 bits per heavy atom. The van der Waals surface area contributed by atoms with Crippen molar-refractivity contribution in [2.24, 2.45) is 11.8 Å². The molecule has 3 rings (SSSR count). The van der Waals surface area contributed by atoms with E-state index in [1.165, 1.54) is 51.4 Å². The van der Waals surface area contributed by atoms with Crippen molar-refractivity contribution in [2.45, 2.75) is 63.5 Å². The van der Waals surface area contributed by atoms with Gasteiger partial charge in [0, 0.05) is 25.3 Å². The molecule has 2 unspecified atom stereocenters. The van der Waals surface area contributed by atoms with E-state index in [0.717, 1.165) is 37.1 Å². The first-order valence-electron chi connectivity index (χ1n) is 7.27. The van der Waals surface area contributed by atoms with Crippen LogP contribution >= 0.6 is 0 Å². The van der Waals surface area contributed by atoms with Gasteiger partial charge in [-0.05, 0) is 31.1 Å². The van der Waals surface area contributed by atoms with Crippen molar-refractivity contribution < 1.29 is 4.74 Å². The Hall–Kier alpha value is -0.0800. The molecule has 0 bridgehead atoms. The van der Waals surface area contributed by atoms with E-state index in [0.29, 0.717) is 0 Å². The molecule has 3 fully saturated rings. The van der Waals surface area contributed by atoms with E-state index in [2.05, 4.69) is 5.32 Å². The van der Waals surface area contributed by atoms with E-state index in [4.69, 9.17) is 4.74 Å². The molecule has 0 aromatic rings. The molecule has 2 atom stereocenters. The van der Waals surface area contributed by atoms with Gasteiger partial charge >= 0.3 is 0 Å². The highest BCUT2D eigenvalue weighted by Crippen LogP contribution is 2.44. The van der Waals surface area contributed by atoms with Crippen LogP contribution in [-0.2, 0) is 4.74 Å². The van der Waals surface area contributed by atoms with Gasteiger partial charge in [-0.2, -0.15) is 0 Å². The molecular weight excluding hydrogens is 198 g/mol. The van der Waals surface area contributed by atoms with Crippen LogP contribution in [0.2, 0.25) is 0 Å². The molecule has 92 valence electrons. The molecule has 0 aromatic carbocycles. The summed E-state index contributed by atoms with van der Waals surface area (Å²) in [7, 11) is 0. The largest absolute Gasteiger partial charge is 0.381 e. The molecule has 1 heterocycles. The summed E-state index contributed by atoms with van der Waals surface area (Å²) in [5.74, 6) is 2.09. The summed E-state index contributed by atoms with van der Waals surface area (Å²) in [5, 5.41) is 3.86. The van der Waals surface area contributed by atoms with Gasteiger partial charge in [0.2, 0.25) is 0 Å². The summed E-state index contributed by atoms with van der Waals surface area (Å²) in [6.45, 7) is 1.94. The lowest BCUT2D eigenvalue weighted by atomic mass is 9.85. The van der Waals surface area contributed by atoms with E-state index in [1.54, 1.807) is 0 Å². The van der Waals surface area contributed by atoms with Gasteiger partial charge in [0.1, 0.15) is 0 Å². The maximum atomic E-state index is 5.40. The summed E-state index contributed by atoms with van der Waals surface area (Å²) in [5.41, 5.74) is 0. The normalized spacial score (nSPS) is 37.5. The molecule has 1 aliphatic heterocycles. The van der Waals surface area contributed by atoms with E-state index in [-0.39, 0.29) is 0 Å². The van der Waals surface area contributed by atoms with Crippen LogP contribution in [0.25, 0.3) is 0 Å². The Morgan fingerprint density at radius 2 is 1.62 bits per heavy atom. The Balaban J connectivity index is 1.41. The van der Waals surface area contributed by atoms with Crippen LogP contribution in [0.5, 0.6) is 0 Å². The van der Waals surface area contributed by atoms with Crippen molar-refractivity contribution in [3.05, 3.63) is 0 Å². The highest BCUT2D eigenvalue weighted by molar-refractivity contribution is 4.99. The fraction of sp³-hybridized carbons (Fsp3) is 1.00. The third-order valence-electron chi connectivity index (χ3n) is 4.77. The summed E-state index contributed by atoms with van der Waals surface area (Å²) in [6.07, 6.45) is 11.4. The van der Waals surface area contributed by atoms with E-state index < -0.39 is 0 Å². The maximum Gasteiger partial charge on any atom is 0.0480 e. The fourth-order valence-corrected chi connectivity index (χ4v) is 3.66. The molecule has 2 saturated carbocycles. The smallest absolute Gasteiger partial charge is 0.0480 e. The monoisotopic (exact) mass is 223 g/mol. The summed E-state index contributed by atoms with van der Waals surface area (Å²) < 4.78 is 5.40. The van der Waals surface area contributed by atoms with Crippen LogP contribution in [0.1, 0.15) is 51.4 Å². The van der Waals surface area contributed by atoms with E-state index >= 15 is 0 Å². The second-order valence-corrected chi connectivity index (χ2v) is 5.96. The second-order valence-electron chi connectivity index (χ2n) is 5.96. The first-order chi connectivity index (χ1) is 7.93. The average molecular weight is 223 g/mol. The predicted octanol–water partition coefficient (Wildman–Crippen LogP) is 2.72. The summed E-state index contributed by atoms with van der Waals surface area (Å²) >= 11 is 0. The highest BCUT2D eigenvalue weighted by atomic mass is 16.5. The average Bonchev–Trinajstić information content (AvgIpc) is 3.11. The maximum absolute atomic E-state index is 5.40. The SMILES string of the molecule is C1CCC(C2CC2NC2CCOCC2)CC1. The van der Waals surface area contributed by atoms with Crippen LogP contribution in [0.15, 0.2) is 0 Å². The van der Waals surface area contributed by atoms with Crippen LogP contribution < -0.4 is 5.32 Å². The molecule has 0 spiro atoms. The first kappa shape index (κ1) is 11.0. The number of hydrogen-bond donors (Lipinski definition) is 1.